The number of nitrogens with zero attached hydrogens (tertiary/aromatic N) is 2. The number of unbranched alkanes of at least 4 members (excludes halogenated alkanes) is 1. The molecule has 0 aromatic heterocycles. The Labute approximate surface area is 305 Å². The molecule has 3 aliphatic heterocycles. The Morgan fingerprint density at radius 3 is 2.56 bits per heavy atom. The third-order valence-corrected chi connectivity index (χ3v) is 12.8. The van der Waals surface area contributed by atoms with Gasteiger partial charge in [0, 0.05) is 25.4 Å². The fourth-order valence-electron chi connectivity index (χ4n) is 7.67. The summed E-state index contributed by atoms with van der Waals surface area (Å²) in [5, 5.41) is 4.85. The first-order valence-corrected chi connectivity index (χ1v) is 20.1. The Bertz CT molecular complexity index is 1730. The van der Waals surface area contributed by atoms with Crippen molar-refractivity contribution >= 4 is 39.9 Å². The van der Waals surface area contributed by atoms with Crippen LogP contribution in [-0.4, -0.2) is 89.2 Å². The summed E-state index contributed by atoms with van der Waals surface area (Å²) in [6.45, 7) is 10.0. The zero-order valence-corrected chi connectivity index (χ0v) is 31.1. The summed E-state index contributed by atoms with van der Waals surface area (Å²) in [6, 6.07) is 3.82. The quantitative estimate of drug-likeness (QED) is 0.319. The molecule has 14 nitrogen and oxygen atoms in total. The third kappa shape index (κ3) is 8.08. The highest BCUT2D eigenvalue weighted by atomic mass is 32.2. The summed E-state index contributed by atoms with van der Waals surface area (Å²) in [7, 11) is -3.90. The molecule has 3 fully saturated rings. The molecule has 4 bridgehead atoms. The van der Waals surface area contributed by atoms with Crippen LogP contribution in [0.15, 0.2) is 30.9 Å². The summed E-state index contributed by atoms with van der Waals surface area (Å²) in [5.74, 6) is -2.64. The number of rotatable bonds is 9. The van der Waals surface area contributed by atoms with Crippen LogP contribution in [0.5, 0.6) is 0 Å². The van der Waals surface area contributed by atoms with E-state index in [1.54, 1.807) is 4.90 Å². The number of carbonyl (C=O) groups is 5. The lowest BCUT2D eigenvalue weighted by Gasteiger charge is -2.31. The lowest BCUT2D eigenvalue weighted by Crippen LogP contribution is -2.58. The van der Waals surface area contributed by atoms with E-state index in [4.69, 9.17) is 9.47 Å². The van der Waals surface area contributed by atoms with Crippen molar-refractivity contribution in [1.82, 2.24) is 25.2 Å². The zero-order valence-electron chi connectivity index (χ0n) is 30.3. The van der Waals surface area contributed by atoms with Crippen LogP contribution in [0.1, 0.15) is 102 Å². The van der Waals surface area contributed by atoms with Gasteiger partial charge >= 0.3 is 12.2 Å². The predicted molar refractivity (Wildman–Crippen MR) is 190 cm³/mol. The summed E-state index contributed by atoms with van der Waals surface area (Å²) < 4.78 is 39.3. The molecule has 1 saturated heterocycles. The van der Waals surface area contributed by atoms with E-state index in [1.165, 1.54) is 11.0 Å². The Morgan fingerprint density at radius 1 is 1.12 bits per heavy atom. The lowest BCUT2D eigenvalue weighted by molar-refractivity contribution is -0.141. The van der Waals surface area contributed by atoms with Crippen molar-refractivity contribution in [1.29, 1.82) is 0 Å². The Hall–Kier alpha value is -4.14. The topological polar surface area (TPSA) is 181 Å². The summed E-state index contributed by atoms with van der Waals surface area (Å²) >= 11 is 0. The molecule has 3 heterocycles. The minimum Gasteiger partial charge on any atom is -0.444 e. The maximum atomic E-state index is 14.3. The molecule has 52 heavy (non-hydrogen) atoms. The van der Waals surface area contributed by atoms with Crippen molar-refractivity contribution in [3.8, 4) is 0 Å². The number of fused-ring (bicyclic) bond motifs is 3. The second kappa shape index (κ2) is 14.7. The Balaban J connectivity index is 1.27. The van der Waals surface area contributed by atoms with Crippen LogP contribution in [0.4, 0.5) is 9.59 Å². The van der Waals surface area contributed by atoms with Crippen LogP contribution in [0, 0.1) is 5.92 Å². The molecular weight excluding hydrogens is 691 g/mol. The highest BCUT2D eigenvalue weighted by Crippen LogP contribution is 2.45. The van der Waals surface area contributed by atoms with Crippen LogP contribution >= 0.6 is 0 Å². The molecule has 5 aliphatic rings. The van der Waals surface area contributed by atoms with Crippen molar-refractivity contribution in [2.75, 3.05) is 6.54 Å². The molecule has 5 amide bonds. The Morgan fingerprint density at radius 2 is 1.87 bits per heavy atom. The highest BCUT2D eigenvalue weighted by Gasteiger charge is 2.62. The molecule has 0 unspecified atom stereocenters. The van der Waals surface area contributed by atoms with E-state index in [-0.39, 0.29) is 25.8 Å². The molecule has 6 rings (SSSR count). The maximum Gasteiger partial charge on any atom is 0.410 e. The molecule has 3 N–H and O–H groups in total. The number of nitrogens with one attached hydrogen (secondary N) is 3. The maximum absolute atomic E-state index is 14.3. The molecule has 5 atom stereocenters. The highest BCUT2D eigenvalue weighted by molar-refractivity contribution is 7.91. The fourth-order valence-corrected chi connectivity index (χ4v) is 9.04. The van der Waals surface area contributed by atoms with E-state index in [0.29, 0.717) is 38.8 Å². The van der Waals surface area contributed by atoms with Crippen molar-refractivity contribution in [3.05, 3.63) is 47.5 Å². The number of alkyl carbamates (subject to hydrolysis) is 1. The van der Waals surface area contributed by atoms with Gasteiger partial charge in [-0.15, -0.1) is 6.58 Å². The van der Waals surface area contributed by atoms with Gasteiger partial charge < -0.3 is 25.0 Å². The molecule has 15 heteroatoms. The number of ether oxygens (including phenoxy) is 2. The number of amides is 5. The summed E-state index contributed by atoms with van der Waals surface area (Å²) in [6.07, 6.45) is 4.93. The molecule has 1 aromatic carbocycles. The van der Waals surface area contributed by atoms with E-state index in [9.17, 15) is 32.4 Å². The van der Waals surface area contributed by atoms with Crippen molar-refractivity contribution < 1.29 is 41.9 Å². The molecule has 1 aromatic rings. The van der Waals surface area contributed by atoms with E-state index < -0.39 is 80.4 Å². The summed E-state index contributed by atoms with van der Waals surface area (Å²) in [5.41, 5.74) is 0.896. The van der Waals surface area contributed by atoms with Crippen molar-refractivity contribution in [2.45, 2.75) is 139 Å². The monoisotopic (exact) mass is 741 g/mol. The standard InChI is InChI=1S/C37H51N5O9S/c1-5-7-14-29-32(44)42-21-26(18-30(42)31(43)39-37(19-25(37)6-2)33(45)40-52(48,49)27-15-16-27)50-35(47)41-20-24-13-10-12-23(28(24)22-41)11-8-9-17-36(3,4)51-34(46)38-29/h6,10,12-13,25-27,29-30H,2,5,7-9,11,14-22H2,1,3-4H3,(H,38,46)(H,39,43)(H,40,45)/t25-,26-,29+,30+,37-/m1/s1. The van der Waals surface area contributed by atoms with Crippen LogP contribution in [-0.2, 0) is 53.4 Å². The minimum absolute atomic E-state index is 0.0653. The normalized spacial score (nSPS) is 29.1. The van der Waals surface area contributed by atoms with Gasteiger partial charge in [0.25, 0.3) is 5.91 Å². The first kappa shape index (κ1) is 37.6. The van der Waals surface area contributed by atoms with Gasteiger partial charge in [-0.25, -0.2) is 18.0 Å². The molecule has 0 spiro atoms. The van der Waals surface area contributed by atoms with E-state index in [0.717, 1.165) is 42.4 Å². The van der Waals surface area contributed by atoms with Crippen LogP contribution < -0.4 is 15.4 Å². The fraction of sp³-hybridized carbons (Fsp3) is 0.649. The predicted octanol–water partition coefficient (Wildman–Crippen LogP) is 3.57. The number of hydrogen-bond donors (Lipinski definition) is 3. The molecule has 284 valence electrons. The molecule has 2 aliphatic carbocycles. The summed E-state index contributed by atoms with van der Waals surface area (Å²) in [4.78, 5) is 71.7. The second-order valence-corrected chi connectivity index (χ2v) is 17.5. The van der Waals surface area contributed by atoms with Gasteiger partial charge in [-0.1, -0.05) is 44.0 Å². The number of carbonyl (C=O) groups excluding carboxylic acids is 5. The van der Waals surface area contributed by atoms with E-state index in [2.05, 4.69) is 28.0 Å². The van der Waals surface area contributed by atoms with Crippen molar-refractivity contribution in [3.63, 3.8) is 0 Å². The molecule has 2 saturated carbocycles. The van der Waals surface area contributed by atoms with Gasteiger partial charge in [0.15, 0.2) is 0 Å². The number of aryl methyl sites for hydroxylation is 1. The zero-order chi connectivity index (χ0) is 37.4. The van der Waals surface area contributed by atoms with Gasteiger partial charge in [0.2, 0.25) is 21.8 Å². The van der Waals surface area contributed by atoms with E-state index in [1.807, 2.05) is 32.9 Å². The smallest absolute Gasteiger partial charge is 0.410 e. The SMILES string of the molecule is C=C[C@@H]1C[C@]1(NC(=O)[C@@H]1C[C@@H]2CN1C(=O)[C@H](CCCC)NC(=O)OC(C)(C)CCCCc1cccc3c1CN(C3)C(=O)O2)C(=O)NS(=O)(=O)C1CC1. The number of sulfonamides is 1. The second-order valence-electron chi connectivity index (χ2n) is 15.5. The molecule has 0 radical (unpaired) electrons. The van der Waals surface area contributed by atoms with Crippen LogP contribution in [0.3, 0.4) is 0 Å². The minimum atomic E-state index is -3.90. The van der Waals surface area contributed by atoms with Gasteiger partial charge in [0.05, 0.1) is 11.8 Å². The Kier molecular flexibility index (Phi) is 10.6. The van der Waals surface area contributed by atoms with E-state index >= 15 is 0 Å². The van der Waals surface area contributed by atoms with Crippen LogP contribution in [0.2, 0.25) is 0 Å². The van der Waals surface area contributed by atoms with Gasteiger partial charge in [-0.05, 0) is 81.9 Å². The molecular formula is C37H51N5O9S. The third-order valence-electron chi connectivity index (χ3n) is 11.0. The number of benzene rings is 1. The number of hydrogen-bond acceptors (Lipinski definition) is 9. The van der Waals surface area contributed by atoms with Gasteiger partial charge in [0.1, 0.15) is 29.3 Å². The first-order valence-electron chi connectivity index (χ1n) is 18.5. The van der Waals surface area contributed by atoms with Crippen LogP contribution in [0.25, 0.3) is 0 Å². The van der Waals surface area contributed by atoms with Crippen molar-refractivity contribution in [2.24, 2.45) is 5.92 Å². The first-order chi connectivity index (χ1) is 24.7. The van der Waals surface area contributed by atoms with Gasteiger partial charge in [-0.2, -0.15) is 0 Å². The average Bonchev–Trinajstić information content (AvgIpc) is 3.98. The number of cyclic esters (lactones) is 1. The lowest BCUT2D eigenvalue weighted by atomic mass is 9.95. The largest absolute Gasteiger partial charge is 0.444 e. The average molecular weight is 742 g/mol. The van der Waals surface area contributed by atoms with Gasteiger partial charge in [-0.3, -0.25) is 24.0 Å².